The molecule has 1 aliphatic heterocycles. The van der Waals surface area contributed by atoms with Gasteiger partial charge >= 0.3 is 6.09 Å². The van der Waals surface area contributed by atoms with E-state index in [1.54, 1.807) is 4.90 Å². The van der Waals surface area contributed by atoms with E-state index in [2.05, 4.69) is 0 Å². The smallest absolute Gasteiger partial charge is 0.410 e. The summed E-state index contributed by atoms with van der Waals surface area (Å²) in [7, 11) is 0. The summed E-state index contributed by atoms with van der Waals surface area (Å²) in [5.74, 6) is -0.572. The number of aldehydes is 1. The quantitative estimate of drug-likeness (QED) is 0.741. The van der Waals surface area contributed by atoms with Crippen LogP contribution in [-0.4, -0.2) is 30.4 Å². The SMILES string of the molecule is O=Cc1ccc(OC(=O)N2CCCC2)cc1F. The van der Waals surface area contributed by atoms with Crippen LogP contribution in [0.25, 0.3) is 0 Å². The van der Waals surface area contributed by atoms with Crippen molar-refractivity contribution in [3.8, 4) is 5.75 Å². The number of rotatable bonds is 2. The lowest BCUT2D eigenvalue weighted by Gasteiger charge is -2.14. The minimum atomic E-state index is -0.688. The van der Waals surface area contributed by atoms with Crippen LogP contribution in [0.2, 0.25) is 0 Å². The molecule has 1 aliphatic rings. The normalized spacial score (nSPS) is 14.8. The Labute approximate surface area is 98.0 Å². The lowest BCUT2D eigenvalue weighted by Crippen LogP contribution is -2.30. The van der Waals surface area contributed by atoms with E-state index in [-0.39, 0.29) is 11.3 Å². The Hall–Kier alpha value is -1.91. The van der Waals surface area contributed by atoms with Crippen LogP contribution in [-0.2, 0) is 0 Å². The second-order valence-corrected chi connectivity index (χ2v) is 3.86. The number of hydrogen-bond acceptors (Lipinski definition) is 3. The molecular weight excluding hydrogens is 225 g/mol. The van der Waals surface area contributed by atoms with E-state index in [4.69, 9.17) is 4.74 Å². The molecule has 1 heterocycles. The van der Waals surface area contributed by atoms with Crippen molar-refractivity contribution in [1.29, 1.82) is 0 Å². The third-order valence-electron chi connectivity index (χ3n) is 2.67. The minimum absolute atomic E-state index is 0.0500. The van der Waals surface area contributed by atoms with Gasteiger partial charge in [-0.25, -0.2) is 9.18 Å². The maximum atomic E-state index is 13.2. The summed E-state index contributed by atoms with van der Waals surface area (Å²) in [5.41, 5.74) is -0.0500. The van der Waals surface area contributed by atoms with Crippen molar-refractivity contribution in [1.82, 2.24) is 4.90 Å². The molecule has 1 fully saturated rings. The third kappa shape index (κ3) is 2.61. The standard InChI is InChI=1S/C12H12FNO3/c13-11-7-10(4-3-9(11)8-15)17-12(16)14-5-1-2-6-14/h3-4,7-8H,1-2,5-6H2. The maximum absolute atomic E-state index is 13.2. The fourth-order valence-electron chi connectivity index (χ4n) is 1.73. The molecule has 1 saturated heterocycles. The molecular formula is C12H12FNO3. The van der Waals surface area contributed by atoms with Gasteiger partial charge in [0.1, 0.15) is 11.6 Å². The number of amides is 1. The van der Waals surface area contributed by atoms with Crippen molar-refractivity contribution in [2.75, 3.05) is 13.1 Å². The van der Waals surface area contributed by atoms with Gasteiger partial charge in [-0.05, 0) is 25.0 Å². The number of carbonyl (C=O) groups excluding carboxylic acids is 2. The lowest BCUT2D eigenvalue weighted by molar-refractivity contribution is 0.112. The van der Waals surface area contributed by atoms with Crippen LogP contribution in [0.5, 0.6) is 5.75 Å². The van der Waals surface area contributed by atoms with E-state index in [1.165, 1.54) is 12.1 Å². The molecule has 0 saturated carbocycles. The van der Waals surface area contributed by atoms with Crippen LogP contribution in [0, 0.1) is 5.82 Å². The molecule has 0 spiro atoms. The first-order valence-corrected chi connectivity index (χ1v) is 5.42. The maximum Gasteiger partial charge on any atom is 0.415 e. The van der Waals surface area contributed by atoms with Crippen molar-refractivity contribution in [3.63, 3.8) is 0 Å². The molecule has 4 nitrogen and oxygen atoms in total. The van der Waals surface area contributed by atoms with Crippen molar-refractivity contribution < 1.29 is 18.7 Å². The van der Waals surface area contributed by atoms with Crippen molar-refractivity contribution >= 4 is 12.4 Å². The Morgan fingerprint density at radius 2 is 2.06 bits per heavy atom. The minimum Gasteiger partial charge on any atom is -0.410 e. The predicted octanol–water partition coefficient (Wildman–Crippen LogP) is 2.23. The monoisotopic (exact) mass is 237 g/mol. The molecule has 5 heteroatoms. The number of ether oxygens (including phenoxy) is 1. The van der Waals surface area contributed by atoms with Crippen LogP contribution in [0.15, 0.2) is 18.2 Å². The summed E-state index contributed by atoms with van der Waals surface area (Å²) in [6, 6.07) is 3.73. The zero-order valence-corrected chi connectivity index (χ0v) is 9.19. The van der Waals surface area contributed by atoms with E-state index >= 15 is 0 Å². The van der Waals surface area contributed by atoms with Crippen LogP contribution < -0.4 is 4.74 Å². The first-order valence-electron chi connectivity index (χ1n) is 5.42. The molecule has 0 aliphatic carbocycles. The molecule has 2 rings (SSSR count). The van der Waals surface area contributed by atoms with Crippen LogP contribution >= 0.6 is 0 Å². The van der Waals surface area contributed by atoms with Gasteiger partial charge in [0.25, 0.3) is 0 Å². The summed E-state index contributed by atoms with van der Waals surface area (Å²) in [6.07, 6.45) is 1.88. The van der Waals surface area contributed by atoms with Crippen molar-refractivity contribution in [2.45, 2.75) is 12.8 Å². The van der Waals surface area contributed by atoms with Gasteiger partial charge in [0.05, 0.1) is 5.56 Å². The molecule has 0 unspecified atom stereocenters. The van der Waals surface area contributed by atoms with Gasteiger partial charge in [-0.1, -0.05) is 0 Å². The predicted molar refractivity (Wildman–Crippen MR) is 58.6 cm³/mol. The summed E-state index contributed by atoms with van der Waals surface area (Å²) >= 11 is 0. The number of nitrogens with zero attached hydrogens (tertiary/aromatic N) is 1. The number of carbonyl (C=O) groups is 2. The molecule has 17 heavy (non-hydrogen) atoms. The second-order valence-electron chi connectivity index (χ2n) is 3.86. The summed E-state index contributed by atoms with van der Waals surface area (Å²) in [4.78, 5) is 23.6. The van der Waals surface area contributed by atoms with Gasteiger partial charge in [0.15, 0.2) is 6.29 Å². The van der Waals surface area contributed by atoms with Crippen LogP contribution in [0.4, 0.5) is 9.18 Å². The third-order valence-corrected chi connectivity index (χ3v) is 2.67. The van der Waals surface area contributed by atoms with Gasteiger partial charge in [-0.3, -0.25) is 4.79 Å². The highest BCUT2D eigenvalue weighted by molar-refractivity contribution is 5.76. The molecule has 90 valence electrons. The average Bonchev–Trinajstić information content (AvgIpc) is 2.82. The Balaban J connectivity index is 2.05. The first kappa shape index (κ1) is 11.6. The Bertz CT molecular complexity index is 441. The van der Waals surface area contributed by atoms with Gasteiger partial charge in [-0.2, -0.15) is 0 Å². The summed E-state index contributed by atoms with van der Waals surface area (Å²) in [5, 5.41) is 0. The van der Waals surface area contributed by atoms with E-state index in [0.717, 1.165) is 18.9 Å². The van der Waals surface area contributed by atoms with Gasteiger partial charge in [0.2, 0.25) is 0 Å². The Morgan fingerprint density at radius 1 is 1.35 bits per heavy atom. The van der Waals surface area contributed by atoms with Crippen molar-refractivity contribution in [2.24, 2.45) is 0 Å². The largest absolute Gasteiger partial charge is 0.415 e. The van der Waals surface area contributed by atoms with Gasteiger partial charge in [-0.15, -0.1) is 0 Å². The lowest BCUT2D eigenvalue weighted by atomic mass is 10.2. The van der Waals surface area contributed by atoms with E-state index < -0.39 is 11.9 Å². The first-order chi connectivity index (χ1) is 8.20. The fourth-order valence-corrected chi connectivity index (χ4v) is 1.73. The van der Waals surface area contributed by atoms with Gasteiger partial charge in [0, 0.05) is 19.2 Å². The highest BCUT2D eigenvalue weighted by Crippen LogP contribution is 2.17. The van der Waals surface area contributed by atoms with Crippen LogP contribution in [0.3, 0.4) is 0 Å². The van der Waals surface area contributed by atoms with E-state index in [9.17, 15) is 14.0 Å². The summed E-state index contributed by atoms with van der Waals surface area (Å²) < 4.78 is 18.3. The highest BCUT2D eigenvalue weighted by Gasteiger charge is 2.20. The molecule has 0 bridgehead atoms. The molecule has 0 N–H and O–H groups in total. The highest BCUT2D eigenvalue weighted by atomic mass is 19.1. The molecule has 0 aromatic heterocycles. The molecule has 0 radical (unpaired) electrons. The number of hydrogen-bond donors (Lipinski definition) is 0. The number of benzene rings is 1. The Kier molecular flexibility index (Phi) is 3.37. The zero-order chi connectivity index (χ0) is 12.3. The van der Waals surface area contributed by atoms with E-state index in [1.807, 2.05) is 0 Å². The van der Waals surface area contributed by atoms with Crippen molar-refractivity contribution in [3.05, 3.63) is 29.6 Å². The second kappa shape index (κ2) is 4.95. The molecule has 1 aromatic carbocycles. The fraction of sp³-hybridized carbons (Fsp3) is 0.333. The average molecular weight is 237 g/mol. The summed E-state index contributed by atoms with van der Waals surface area (Å²) in [6.45, 7) is 1.35. The number of halogens is 1. The molecule has 0 atom stereocenters. The van der Waals surface area contributed by atoms with Crippen LogP contribution in [0.1, 0.15) is 23.2 Å². The van der Waals surface area contributed by atoms with E-state index in [0.29, 0.717) is 19.4 Å². The van der Waals surface area contributed by atoms with Gasteiger partial charge < -0.3 is 9.64 Å². The molecule has 1 aromatic rings. The topological polar surface area (TPSA) is 46.6 Å². The number of likely N-dealkylation sites (tertiary alicyclic amines) is 1. The molecule has 1 amide bonds. The zero-order valence-electron chi connectivity index (χ0n) is 9.19. The Morgan fingerprint density at radius 3 is 2.65 bits per heavy atom.